The molecule has 0 aromatic heterocycles. The predicted octanol–water partition coefficient (Wildman–Crippen LogP) is 2.87. The second-order valence-corrected chi connectivity index (χ2v) is 5.31. The maximum absolute atomic E-state index is 5.11. The molecule has 0 aliphatic heterocycles. The molecule has 1 atom stereocenters. The Balaban J connectivity index is 2.57. The molecule has 1 aromatic rings. The lowest BCUT2D eigenvalue weighted by molar-refractivity contribution is 0.176. The first-order valence-corrected chi connectivity index (χ1v) is 7.70. The molecule has 0 heterocycles. The molecule has 0 saturated carbocycles. The van der Waals surface area contributed by atoms with Crippen LogP contribution in [0, 0.1) is 0 Å². The lowest BCUT2D eigenvalue weighted by Crippen LogP contribution is -2.33. The third-order valence-electron chi connectivity index (χ3n) is 3.62. The highest BCUT2D eigenvalue weighted by Gasteiger charge is 2.12. The summed E-state index contributed by atoms with van der Waals surface area (Å²) in [6.45, 7) is 8.29. The van der Waals surface area contributed by atoms with Crippen LogP contribution >= 0.6 is 0 Å². The molecule has 3 nitrogen and oxygen atoms in total. The lowest BCUT2D eigenvalue weighted by atomic mass is 10.0. The fraction of sp³-hybridized carbons (Fsp3) is 0.647. The summed E-state index contributed by atoms with van der Waals surface area (Å²) in [7, 11) is 3.94. The molecule has 1 aromatic carbocycles. The summed E-state index contributed by atoms with van der Waals surface area (Å²) in [5, 5.41) is 3.58. The summed E-state index contributed by atoms with van der Waals surface area (Å²) in [6.07, 6.45) is 2.18. The van der Waals surface area contributed by atoms with Crippen LogP contribution in [0.1, 0.15) is 37.4 Å². The number of hydrogen-bond acceptors (Lipinski definition) is 3. The van der Waals surface area contributed by atoms with E-state index in [2.05, 4.69) is 55.4 Å². The zero-order valence-electron chi connectivity index (χ0n) is 13.5. The fourth-order valence-corrected chi connectivity index (χ4v) is 2.40. The molecule has 0 aliphatic rings. The Hall–Kier alpha value is -0.900. The molecule has 114 valence electrons. The number of aryl methyl sites for hydroxylation is 1. The van der Waals surface area contributed by atoms with Crippen molar-refractivity contribution in [1.82, 2.24) is 10.2 Å². The van der Waals surface area contributed by atoms with Gasteiger partial charge in [-0.3, -0.25) is 0 Å². The second kappa shape index (κ2) is 9.92. The van der Waals surface area contributed by atoms with E-state index >= 15 is 0 Å². The van der Waals surface area contributed by atoms with Crippen molar-refractivity contribution in [3.05, 3.63) is 35.4 Å². The van der Waals surface area contributed by atoms with E-state index in [1.807, 2.05) is 0 Å². The van der Waals surface area contributed by atoms with Gasteiger partial charge in [0.2, 0.25) is 0 Å². The minimum Gasteiger partial charge on any atom is -0.385 e. The van der Waals surface area contributed by atoms with Crippen LogP contribution in [0.4, 0.5) is 0 Å². The van der Waals surface area contributed by atoms with Crippen LogP contribution < -0.4 is 5.32 Å². The Morgan fingerprint density at radius 1 is 1.20 bits per heavy atom. The number of hydrogen-bond donors (Lipinski definition) is 1. The van der Waals surface area contributed by atoms with Crippen molar-refractivity contribution < 1.29 is 4.74 Å². The van der Waals surface area contributed by atoms with E-state index in [4.69, 9.17) is 4.74 Å². The van der Waals surface area contributed by atoms with Gasteiger partial charge in [-0.1, -0.05) is 38.1 Å². The standard InChI is InChI=1S/C17H30N2O/c1-5-15-8-10-16(11-9-15)17(18-6-2)14-19(3)12-7-13-20-4/h8-11,17-18H,5-7,12-14H2,1-4H3. The van der Waals surface area contributed by atoms with Crippen molar-refractivity contribution in [1.29, 1.82) is 0 Å². The van der Waals surface area contributed by atoms with Crippen LogP contribution in [-0.4, -0.2) is 45.3 Å². The summed E-state index contributed by atoms with van der Waals surface area (Å²) in [6, 6.07) is 9.40. The smallest absolute Gasteiger partial charge is 0.0474 e. The minimum absolute atomic E-state index is 0.401. The molecule has 0 spiro atoms. The SMILES string of the molecule is CCNC(CN(C)CCCOC)c1ccc(CC)cc1. The van der Waals surface area contributed by atoms with Gasteiger partial charge in [0.05, 0.1) is 0 Å². The number of ether oxygens (including phenoxy) is 1. The van der Waals surface area contributed by atoms with E-state index in [9.17, 15) is 0 Å². The van der Waals surface area contributed by atoms with Gasteiger partial charge in [-0.05, 0) is 37.6 Å². The molecule has 3 heteroatoms. The molecule has 0 fully saturated rings. The van der Waals surface area contributed by atoms with Crippen molar-refractivity contribution in [3.8, 4) is 0 Å². The molecular formula is C17H30N2O. The highest BCUT2D eigenvalue weighted by Crippen LogP contribution is 2.15. The molecule has 1 unspecified atom stereocenters. The number of methoxy groups -OCH3 is 1. The maximum Gasteiger partial charge on any atom is 0.0474 e. The summed E-state index contributed by atoms with van der Waals surface area (Å²) >= 11 is 0. The van der Waals surface area contributed by atoms with Crippen LogP contribution in [0.5, 0.6) is 0 Å². The first kappa shape index (κ1) is 17.2. The van der Waals surface area contributed by atoms with Gasteiger partial charge in [0.1, 0.15) is 0 Å². The Morgan fingerprint density at radius 3 is 2.45 bits per heavy atom. The monoisotopic (exact) mass is 278 g/mol. The van der Waals surface area contributed by atoms with Gasteiger partial charge in [0.25, 0.3) is 0 Å². The number of benzene rings is 1. The van der Waals surface area contributed by atoms with E-state index in [1.54, 1.807) is 7.11 Å². The van der Waals surface area contributed by atoms with Gasteiger partial charge in [0.15, 0.2) is 0 Å². The van der Waals surface area contributed by atoms with Crippen molar-refractivity contribution >= 4 is 0 Å². The third kappa shape index (κ3) is 6.04. The molecule has 0 saturated heterocycles. The largest absolute Gasteiger partial charge is 0.385 e. The molecule has 20 heavy (non-hydrogen) atoms. The van der Waals surface area contributed by atoms with Gasteiger partial charge >= 0.3 is 0 Å². The normalized spacial score (nSPS) is 12.8. The van der Waals surface area contributed by atoms with E-state index in [-0.39, 0.29) is 0 Å². The Bertz CT molecular complexity index is 351. The highest BCUT2D eigenvalue weighted by molar-refractivity contribution is 5.25. The Morgan fingerprint density at radius 2 is 1.90 bits per heavy atom. The van der Waals surface area contributed by atoms with Crippen LogP contribution in [0.3, 0.4) is 0 Å². The average Bonchev–Trinajstić information content (AvgIpc) is 2.47. The van der Waals surface area contributed by atoms with Crippen LogP contribution in [0.2, 0.25) is 0 Å². The van der Waals surface area contributed by atoms with E-state index < -0.39 is 0 Å². The number of likely N-dealkylation sites (N-methyl/N-ethyl adjacent to an activating group) is 2. The van der Waals surface area contributed by atoms with Crippen molar-refractivity contribution in [3.63, 3.8) is 0 Å². The quantitative estimate of drug-likeness (QED) is 0.666. The van der Waals surface area contributed by atoms with Gasteiger partial charge in [-0.2, -0.15) is 0 Å². The van der Waals surface area contributed by atoms with E-state index in [0.29, 0.717) is 6.04 Å². The predicted molar refractivity (Wildman–Crippen MR) is 86.2 cm³/mol. The zero-order chi connectivity index (χ0) is 14.8. The first-order chi connectivity index (χ1) is 9.71. The summed E-state index contributed by atoms with van der Waals surface area (Å²) < 4.78 is 5.11. The van der Waals surface area contributed by atoms with Gasteiger partial charge in [0, 0.05) is 32.8 Å². The van der Waals surface area contributed by atoms with Crippen molar-refractivity contribution in [2.24, 2.45) is 0 Å². The number of nitrogens with one attached hydrogen (secondary N) is 1. The van der Waals surface area contributed by atoms with Crippen molar-refractivity contribution in [2.75, 3.05) is 40.4 Å². The molecule has 0 radical (unpaired) electrons. The van der Waals surface area contributed by atoms with Gasteiger partial charge < -0.3 is 15.0 Å². The lowest BCUT2D eigenvalue weighted by Gasteiger charge is -2.25. The van der Waals surface area contributed by atoms with Crippen LogP contribution in [0.15, 0.2) is 24.3 Å². The number of nitrogens with zero attached hydrogens (tertiary/aromatic N) is 1. The fourth-order valence-electron chi connectivity index (χ4n) is 2.40. The topological polar surface area (TPSA) is 24.5 Å². The molecular weight excluding hydrogens is 248 g/mol. The zero-order valence-corrected chi connectivity index (χ0v) is 13.5. The third-order valence-corrected chi connectivity index (χ3v) is 3.62. The van der Waals surface area contributed by atoms with E-state index in [0.717, 1.165) is 39.1 Å². The van der Waals surface area contributed by atoms with Crippen LogP contribution in [-0.2, 0) is 11.2 Å². The van der Waals surface area contributed by atoms with E-state index in [1.165, 1.54) is 11.1 Å². The van der Waals surface area contributed by atoms with Crippen molar-refractivity contribution in [2.45, 2.75) is 32.7 Å². The first-order valence-electron chi connectivity index (χ1n) is 7.70. The summed E-state index contributed by atoms with van der Waals surface area (Å²) in [5.74, 6) is 0. The molecule has 1 N–H and O–H groups in total. The summed E-state index contributed by atoms with van der Waals surface area (Å²) in [4.78, 5) is 2.38. The number of rotatable bonds is 10. The molecule has 0 aliphatic carbocycles. The minimum atomic E-state index is 0.401. The highest BCUT2D eigenvalue weighted by atomic mass is 16.5. The second-order valence-electron chi connectivity index (χ2n) is 5.31. The maximum atomic E-state index is 5.11. The Kier molecular flexibility index (Phi) is 8.51. The van der Waals surface area contributed by atoms with Gasteiger partial charge in [-0.15, -0.1) is 0 Å². The van der Waals surface area contributed by atoms with Crippen LogP contribution in [0.25, 0.3) is 0 Å². The molecule has 1 rings (SSSR count). The molecule has 0 amide bonds. The molecule has 0 bridgehead atoms. The Labute approximate surface area is 124 Å². The average molecular weight is 278 g/mol. The van der Waals surface area contributed by atoms with Gasteiger partial charge in [-0.25, -0.2) is 0 Å². The summed E-state index contributed by atoms with van der Waals surface area (Å²) in [5.41, 5.74) is 2.78.